The highest BCUT2D eigenvalue weighted by molar-refractivity contribution is 5.95. The van der Waals surface area contributed by atoms with E-state index in [1.807, 2.05) is 26.0 Å². The van der Waals surface area contributed by atoms with Gasteiger partial charge in [-0.2, -0.15) is 13.2 Å². The fourth-order valence-corrected chi connectivity index (χ4v) is 3.07. The van der Waals surface area contributed by atoms with Gasteiger partial charge in [0.2, 0.25) is 5.91 Å². The third kappa shape index (κ3) is 2.83. The van der Waals surface area contributed by atoms with Crippen molar-refractivity contribution in [3.8, 4) is 0 Å². The van der Waals surface area contributed by atoms with Crippen LogP contribution in [0.15, 0.2) is 36.4 Å². The quantitative estimate of drug-likeness (QED) is 0.804. The summed E-state index contributed by atoms with van der Waals surface area (Å²) in [5.74, 6) is -0.849. The van der Waals surface area contributed by atoms with Crippen molar-refractivity contribution in [2.45, 2.75) is 32.4 Å². The summed E-state index contributed by atoms with van der Waals surface area (Å²) in [4.78, 5) is 12.0. The topological polar surface area (TPSA) is 29.1 Å². The fraction of sp³-hybridized carbons (Fsp3) is 0.278. The lowest BCUT2D eigenvalue weighted by molar-refractivity contribution is -0.138. The van der Waals surface area contributed by atoms with E-state index in [0.29, 0.717) is 5.69 Å². The number of rotatable bonds is 1. The molecule has 1 atom stereocenters. The van der Waals surface area contributed by atoms with Gasteiger partial charge >= 0.3 is 6.18 Å². The van der Waals surface area contributed by atoms with Crippen molar-refractivity contribution in [1.29, 1.82) is 0 Å². The van der Waals surface area contributed by atoms with E-state index in [1.165, 1.54) is 12.1 Å². The van der Waals surface area contributed by atoms with Crippen molar-refractivity contribution in [3.63, 3.8) is 0 Å². The number of amides is 1. The molecule has 0 aromatic heterocycles. The van der Waals surface area contributed by atoms with Crippen molar-refractivity contribution in [2.24, 2.45) is 0 Å². The first-order valence-electron chi connectivity index (χ1n) is 7.34. The van der Waals surface area contributed by atoms with Crippen LogP contribution in [-0.4, -0.2) is 5.91 Å². The van der Waals surface area contributed by atoms with Crippen LogP contribution in [0.3, 0.4) is 0 Å². The van der Waals surface area contributed by atoms with Gasteiger partial charge in [0.05, 0.1) is 5.56 Å². The van der Waals surface area contributed by atoms with Crippen molar-refractivity contribution in [1.82, 2.24) is 0 Å². The number of carbonyl (C=O) groups excluding carboxylic acids is 1. The number of alkyl halides is 3. The molecule has 1 heterocycles. The number of carbonyl (C=O) groups is 1. The predicted octanol–water partition coefficient (Wildman–Crippen LogP) is 4.80. The molecule has 1 N–H and O–H groups in total. The first-order chi connectivity index (χ1) is 10.8. The zero-order chi connectivity index (χ0) is 16.8. The fourth-order valence-electron chi connectivity index (χ4n) is 3.07. The highest BCUT2D eigenvalue weighted by atomic mass is 19.4. The average Bonchev–Trinajstić information content (AvgIpc) is 2.47. The summed E-state index contributed by atoms with van der Waals surface area (Å²) in [7, 11) is 0. The lowest BCUT2D eigenvalue weighted by Gasteiger charge is -2.29. The standard InChI is InChI=1S/C18H16F3NO/c1-10-7-14-13(9-17(23)22-16(14)8-11(10)2)12-5-3-4-6-15(12)18(19,20)21/h3-8,13H,9H2,1-2H3,(H,22,23)/t13-/m0/s1. The molecule has 3 rings (SSSR count). The Labute approximate surface area is 132 Å². The molecule has 2 aromatic rings. The van der Waals surface area contributed by atoms with E-state index >= 15 is 0 Å². The van der Waals surface area contributed by atoms with E-state index in [-0.39, 0.29) is 17.9 Å². The van der Waals surface area contributed by atoms with Gasteiger partial charge in [0.1, 0.15) is 0 Å². The number of benzene rings is 2. The monoisotopic (exact) mass is 319 g/mol. The molecule has 0 bridgehead atoms. The second-order valence-corrected chi connectivity index (χ2v) is 5.91. The largest absolute Gasteiger partial charge is 0.416 e. The van der Waals surface area contributed by atoms with Gasteiger partial charge in [0.25, 0.3) is 0 Å². The molecule has 2 aromatic carbocycles. The summed E-state index contributed by atoms with van der Waals surface area (Å²) >= 11 is 0. The molecule has 5 heteroatoms. The van der Waals surface area contributed by atoms with Crippen molar-refractivity contribution < 1.29 is 18.0 Å². The number of aryl methyl sites for hydroxylation is 2. The SMILES string of the molecule is Cc1cc2c(cc1C)[C@H](c1ccccc1C(F)(F)F)CC(=O)N2. The van der Waals surface area contributed by atoms with Gasteiger partial charge in [0.15, 0.2) is 0 Å². The summed E-state index contributed by atoms with van der Waals surface area (Å²) in [5.41, 5.74) is 2.81. The predicted molar refractivity (Wildman–Crippen MR) is 82.4 cm³/mol. The lowest BCUT2D eigenvalue weighted by atomic mass is 9.81. The molecular formula is C18H16F3NO. The summed E-state index contributed by atoms with van der Waals surface area (Å²) < 4.78 is 40.0. The minimum atomic E-state index is -4.44. The Morgan fingerprint density at radius 2 is 1.70 bits per heavy atom. The van der Waals surface area contributed by atoms with E-state index < -0.39 is 17.7 Å². The van der Waals surface area contributed by atoms with Crippen LogP contribution >= 0.6 is 0 Å². The van der Waals surface area contributed by atoms with Crippen LogP contribution in [0.25, 0.3) is 0 Å². The van der Waals surface area contributed by atoms with Gasteiger partial charge in [-0.15, -0.1) is 0 Å². The van der Waals surface area contributed by atoms with Crippen LogP contribution in [0.4, 0.5) is 18.9 Å². The number of hydrogen-bond donors (Lipinski definition) is 1. The first kappa shape index (κ1) is 15.6. The molecule has 0 aliphatic carbocycles. The number of halogens is 3. The van der Waals surface area contributed by atoms with Gasteiger partial charge < -0.3 is 5.32 Å². The molecule has 0 unspecified atom stereocenters. The Bertz CT molecular complexity index is 780. The molecule has 0 saturated heterocycles. The van der Waals surface area contributed by atoms with Crippen LogP contribution in [0.1, 0.15) is 40.2 Å². The maximum absolute atomic E-state index is 13.3. The maximum atomic E-state index is 13.3. The Morgan fingerprint density at radius 3 is 2.39 bits per heavy atom. The minimum Gasteiger partial charge on any atom is -0.326 e. The first-order valence-corrected chi connectivity index (χ1v) is 7.34. The second-order valence-electron chi connectivity index (χ2n) is 5.91. The molecule has 1 amide bonds. The molecule has 2 nitrogen and oxygen atoms in total. The van der Waals surface area contributed by atoms with Crippen LogP contribution < -0.4 is 5.32 Å². The zero-order valence-corrected chi connectivity index (χ0v) is 12.8. The Hall–Kier alpha value is -2.30. The molecule has 1 aliphatic heterocycles. The summed E-state index contributed by atoms with van der Waals surface area (Å²) in [5, 5.41) is 2.77. The molecule has 23 heavy (non-hydrogen) atoms. The highest BCUT2D eigenvalue weighted by Gasteiger charge is 2.37. The van der Waals surface area contributed by atoms with Crippen molar-refractivity contribution in [2.75, 3.05) is 5.32 Å². The average molecular weight is 319 g/mol. The highest BCUT2D eigenvalue weighted by Crippen LogP contribution is 2.43. The smallest absolute Gasteiger partial charge is 0.326 e. The number of anilines is 1. The van der Waals surface area contributed by atoms with Gasteiger partial charge in [-0.25, -0.2) is 0 Å². The lowest BCUT2D eigenvalue weighted by Crippen LogP contribution is -2.25. The molecule has 0 fully saturated rings. The van der Waals surface area contributed by atoms with Crippen LogP contribution in [0.5, 0.6) is 0 Å². The van der Waals surface area contributed by atoms with Crippen LogP contribution in [-0.2, 0) is 11.0 Å². The van der Waals surface area contributed by atoms with Crippen LogP contribution in [0, 0.1) is 13.8 Å². The molecular weight excluding hydrogens is 303 g/mol. The summed E-state index contributed by atoms with van der Waals surface area (Å²) in [6.07, 6.45) is -4.42. The summed E-state index contributed by atoms with van der Waals surface area (Å²) in [6, 6.07) is 9.19. The molecule has 0 saturated carbocycles. The Balaban J connectivity index is 2.20. The zero-order valence-electron chi connectivity index (χ0n) is 12.8. The van der Waals surface area contributed by atoms with E-state index in [2.05, 4.69) is 5.32 Å². The van der Waals surface area contributed by atoms with Gasteiger partial charge in [-0.3, -0.25) is 4.79 Å². The van der Waals surface area contributed by atoms with Gasteiger partial charge in [0, 0.05) is 18.0 Å². The molecule has 0 radical (unpaired) electrons. The van der Waals surface area contributed by atoms with E-state index in [0.717, 1.165) is 22.8 Å². The number of fused-ring (bicyclic) bond motifs is 1. The summed E-state index contributed by atoms with van der Waals surface area (Å²) in [6.45, 7) is 3.83. The van der Waals surface area contributed by atoms with Crippen molar-refractivity contribution in [3.05, 3.63) is 64.2 Å². The van der Waals surface area contributed by atoms with Crippen molar-refractivity contribution >= 4 is 11.6 Å². The third-order valence-corrected chi connectivity index (χ3v) is 4.35. The number of hydrogen-bond acceptors (Lipinski definition) is 1. The molecule has 120 valence electrons. The minimum absolute atomic E-state index is 0.0165. The molecule has 1 aliphatic rings. The Kier molecular flexibility index (Phi) is 3.66. The second kappa shape index (κ2) is 5.41. The van der Waals surface area contributed by atoms with Gasteiger partial charge in [-0.05, 0) is 48.2 Å². The van der Waals surface area contributed by atoms with E-state index in [9.17, 15) is 18.0 Å². The van der Waals surface area contributed by atoms with Gasteiger partial charge in [-0.1, -0.05) is 24.3 Å². The molecule has 0 spiro atoms. The Morgan fingerprint density at radius 1 is 1.04 bits per heavy atom. The van der Waals surface area contributed by atoms with Crippen LogP contribution in [0.2, 0.25) is 0 Å². The number of nitrogens with one attached hydrogen (secondary N) is 1. The maximum Gasteiger partial charge on any atom is 0.416 e. The van der Waals surface area contributed by atoms with E-state index in [1.54, 1.807) is 6.07 Å². The third-order valence-electron chi connectivity index (χ3n) is 4.35. The normalized spacial score (nSPS) is 17.6. The van der Waals surface area contributed by atoms with E-state index in [4.69, 9.17) is 0 Å².